The molecule has 0 radical (unpaired) electrons. The predicted molar refractivity (Wildman–Crippen MR) is 45.6 cm³/mol. The first-order valence-corrected chi connectivity index (χ1v) is 3.78. The Bertz CT molecular complexity index is 436. The SMILES string of the molecule is O=Cc1nc(Cl)c2ccccn12. The quantitative estimate of drug-likeness (QED) is 0.628. The predicted octanol–water partition coefficient (Wildman–Crippen LogP) is 1.80. The average Bonchev–Trinajstić information content (AvgIpc) is 2.44. The molecule has 2 aromatic heterocycles. The van der Waals surface area contributed by atoms with Gasteiger partial charge in [0, 0.05) is 6.20 Å². The maximum absolute atomic E-state index is 10.5. The third kappa shape index (κ3) is 0.905. The first-order valence-electron chi connectivity index (χ1n) is 3.40. The van der Waals surface area contributed by atoms with Crippen LogP contribution in [0.2, 0.25) is 5.15 Å². The van der Waals surface area contributed by atoms with Gasteiger partial charge in [-0.25, -0.2) is 4.98 Å². The fourth-order valence-corrected chi connectivity index (χ4v) is 1.35. The lowest BCUT2D eigenvalue weighted by Crippen LogP contribution is -1.89. The van der Waals surface area contributed by atoms with Crippen molar-refractivity contribution in [3.8, 4) is 0 Å². The van der Waals surface area contributed by atoms with Gasteiger partial charge in [0.1, 0.15) is 0 Å². The van der Waals surface area contributed by atoms with Crippen LogP contribution in [-0.4, -0.2) is 15.7 Å². The zero-order valence-electron chi connectivity index (χ0n) is 6.07. The van der Waals surface area contributed by atoms with E-state index in [0.29, 0.717) is 17.3 Å². The smallest absolute Gasteiger partial charge is 0.186 e. The molecular formula is C8H5ClN2O. The second-order valence-corrected chi connectivity index (χ2v) is 2.69. The summed E-state index contributed by atoms with van der Waals surface area (Å²) in [4.78, 5) is 14.4. The fourth-order valence-electron chi connectivity index (χ4n) is 1.11. The van der Waals surface area contributed by atoms with Crippen LogP contribution < -0.4 is 0 Å². The van der Waals surface area contributed by atoms with Crippen LogP contribution >= 0.6 is 11.6 Å². The van der Waals surface area contributed by atoms with E-state index in [1.54, 1.807) is 10.6 Å². The molecule has 12 heavy (non-hydrogen) atoms. The number of hydrogen-bond donors (Lipinski definition) is 0. The molecule has 2 rings (SSSR count). The minimum Gasteiger partial charge on any atom is -0.296 e. The molecule has 0 aliphatic heterocycles. The van der Waals surface area contributed by atoms with E-state index < -0.39 is 0 Å². The average molecular weight is 181 g/mol. The second kappa shape index (κ2) is 2.60. The maximum atomic E-state index is 10.5. The lowest BCUT2D eigenvalue weighted by atomic mass is 10.4. The number of aldehydes is 1. The second-order valence-electron chi connectivity index (χ2n) is 2.33. The molecular weight excluding hydrogens is 176 g/mol. The molecule has 60 valence electrons. The zero-order chi connectivity index (χ0) is 8.55. The Morgan fingerprint density at radius 1 is 1.50 bits per heavy atom. The summed E-state index contributed by atoms with van der Waals surface area (Å²) >= 11 is 5.77. The molecule has 2 aromatic rings. The van der Waals surface area contributed by atoms with Crippen LogP contribution in [0.3, 0.4) is 0 Å². The minimum absolute atomic E-state index is 0.329. The molecule has 0 bridgehead atoms. The largest absolute Gasteiger partial charge is 0.296 e. The van der Waals surface area contributed by atoms with Crippen LogP contribution in [0, 0.1) is 0 Å². The van der Waals surface area contributed by atoms with Crippen LogP contribution in [0.1, 0.15) is 10.6 Å². The Morgan fingerprint density at radius 3 is 3.08 bits per heavy atom. The van der Waals surface area contributed by atoms with Gasteiger partial charge in [-0.05, 0) is 12.1 Å². The highest BCUT2D eigenvalue weighted by atomic mass is 35.5. The van der Waals surface area contributed by atoms with Crippen LogP contribution in [0.4, 0.5) is 0 Å². The van der Waals surface area contributed by atoms with Crippen LogP contribution in [0.25, 0.3) is 5.52 Å². The van der Waals surface area contributed by atoms with Gasteiger partial charge in [0.2, 0.25) is 0 Å². The van der Waals surface area contributed by atoms with Gasteiger partial charge in [0.15, 0.2) is 17.3 Å². The number of hydrogen-bond acceptors (Lipinski definition) is 2. The molecule has 4 heteroatoms. The molecule has 0 aromatic carbocycles. The van der Waals surface area contributed by atoms with E-state index in [1.807, 2.05) is 18.2 Å². The monoisotopic (exact) mass is 180 g/mol. The summed E-state index contributed by atoms with van der Waals surface area (Å²) in [6.07, 6.45) is 2.43. The summed E-state index contributed by atoms with van der Waals surface area (Å²) in [5.74, 6) is 0.329. The fraction of sp³-hybridized carbons (Fsp3) is 0. The van der Waals surface area contributed by atoms with Gasteiger partial charge in [0.05, 0.1) is 5.52 Å². The van der Waals surface area contributed by atoms with Gasteiger partial charge < -0.3 is 0 Å². The number of aromatic nitrogens is 2. The summed E-state index contributed by atoms with van der Waals surface area (Å²) in [5.41, 5.74) is 0.751. The van der Waals surface area contributed by atoms with E-state index >= 15 is 0 Å². The van der Waals surface area contributed by atoms with Gasteiger partial charge in [0.25, 0.3) is 0 Å². The molecule has 0 N–H and O–H groups in total. The molecule has 0 fully saturated rings. The van der Waals surface area contributed by atoms with E-state index in [0.717, 1.165) is 5.52 Å². The van der Waals surface area contributed by atoms with Gasteiger partial charge in [-0.2, -0.15) is 0 Å². The van der Waals surface area contributed by atoms with Crippen molar-refractivity contribution in [2.45, 2.75) is 0 Å². The number of imidazole rings is 1. The number of carbonyl (C=O) groups is 1. The van der Waals surface area contributed by atoms with Crippen molar-refractivity contribution < 1.29 is 4.79 Å². The lowest BCUT2D eigenvalue weighted by molar-refractivity contribution is 0.111. The van der Waals surface area contributed by atoms with Gasteiger partial charge in [-0.15, -0.1) is 0 Å². The third-order valence-corrected chi connectivity index (χ3v) is 1.91. The Hall–Kier alpha value is -1.35. The number of fused-ring (bicyclic) bond motifs is 1. The standard InChI is InChI=1S/C8H5ClN2O/c9-8-6-3-1-2-4-11(6)7(5-12)10-8/h1-5H. The summed E-state index contributed by atoms with van der Waals surface area (Å²) in [6.45, 7) is 0. The number of halogens is 1. The third-order valence-electron chi connectivity index (χ3n) is 1.64. The first kappa shape index (κ1) is 7.31. The number of nitrogens with zero attached hydrogens (tertiary/aromatic N) is 2. The van der Waals surface area contributed by atoms with Crippen LogP contribution in [0.15, 0.2) is 24.4 Å². The summed E-state index contributed by atoms with van der Waals surface area (Å²) in [5, 5.41) is 0.359. The topological polar surface area (TPSA) is 34.4 Å². The zero-order valence-corrected chi connectivity index (χ0v) is 6.82. The Morgan fingerprint density at radius 2 is 2.33 bits per heavy atom. The van der Waals surface area contributed by atoms with Gasteiger partial charge >= 0.3 is 0 Å². The van der Waals surface area contributed by atoms with Gasteiger partial charge in [-0.3, -0.25) is 9.20 Å². The summed E-state index contributed by atoms with van der Waals surface area (Å²) in [6, 6.07) is 5.47. The molecule has 0 aliphatic rings. The number of rotatable bonds is 1. The molecule has 0 saturated heterocycles. The molecule has 2 heterocycles. The lowest BCUT2D eigenvalue weighted by Gasteiger charge is -1.91. The Balaban J connectivity index is 2.91. The molecule has 0 spiro atoms. The Labute approximate surface area is 73.6 Å². The number of carbonyl (C=O) groups excluding carboxylic acids is 1. The molecule has 0 saturated carbocycles. The van der Waals surface area contributed by atoms with Crippen LogP contribution in [0.5, 0.6) is 0 Å². The molecule has 0 unspecified atom stereocenters. The highest BCUT2D eigenvalue weighted by molar-refractivity contribution is 6.32. The normalized spacial score (nSPS) is 10.4. The van der Waals surface area contributed by atoms with Gasteiger partial charge in [-0.1, -0.05) is 17.7 Å². The van der Waals surface area contributed by atoms with E-state index in [9.17, 15) is 4.79 Å². The molecule has 0 aliphatic carbocycles. The summed E-state index contributed by atoms with van der Waals surface area (Å²) < 4.78 is 1.65. The number of pyridine rings is 1. The van der Waals surface area contributed by atoms with Crippen molar-refractivity contribution in [3.05, 3.63) is 35.4 Å². The van der Waals surface area contributed by atoms with Crippen molar-refractivity contribution in [2.75, 3.05) is 0 Å². The maximum Gasteiger partial charge on any atom is 0.186 e. The summed E-state index contributed by atoms with van der Waals surface area (Å²) in [7, 11) is 0. The van der Waals surface area contributed by atoms with Crippen LogP contribution in [-0.2, 0) is 0 Å². The highest BCUT2D eigenvalue weighted by Crippen LogP contribution is 2.16. The van der Waals surface area contributed by atoms with Crippen molar-refractivity contribution in [3.63, 3.8) is 0 Å². The molecule has 3 nitrogen and oxygen atoms in total. The Kier molecular flexibility index (Phi) is 1.59. The molecule has 0 atom stereocenters. The molecule has 0 amide bonds. The van der Waals surface area contributed by atoms with Crippen molar-refractivity contribution in [1.29, 1.82) is 0 Å². The van der Waals surface area contributed by atoms with Crippen molar-refractivity contribution in [2.24, 2.45) is 0 Å². The van der Waals surface area contributed by atoms with E-state index in [4.69, 9.17) is 11.6 Å². The minimum atomic E-state index is 0.329. The highest BCUT2D eigenvalue weighted by Gasteiger charge is 2.05. The van der Waals surface area contributed by atoms with E-state index in [1.165, 1.54) is 0 Å². The first-order chi connectivity index (χ1) is 5.83. The van der Waals surface area contributed by atoms with Crippen molar-refractivity contribution in [1.82, 2.24) is 9.38 Å². The van der Waals surface area contributed by atoms with E-state index in [2.05, 4.69) is 4.98 Å². The van der Waals surface area contributed by atoms with E-state index in [-0.39, 0.29) is 0 Å². The van der Waals surface area contributed by atoms with Crippen molar-refractivity contribution >= 4 is 23.4 Å².